The smallest absolute Gasteiger partial charge is 0.150 e. The largest absolute Gasteiger partial charge is 0.398 e. The Bertz CT molecular complexity index is 813. The standard InChI is InChI=1S/C15H10BrF2N3/c16-8-6-10(17)15(11(18)7-8)21-13-4-3-12(19)9-2-1-5-20-14(9)13/h1-7,21H,19H2. The Morgan fingerprint density at radius 1 is 1.10 bits per heavy atom. The summed E-state index contributed by atoms with van der Waals surface area (Å²) in [4.78, 5) is 4.22. The molecule has 2 aromatic carbocycles. The summed E-state index contributed by atoms with van der Waals surface area (Å²) in [5.41, 5.74) is 7.25. The lowest BCUT2D eigenvalue weighted by atomic mass is 10.1. The Labute approximate surface area is 127 Å². The first-order valence-electron chi connectivity index (χ1n) is 6.11. The number of nitrogen functional groups attached to an aromatic ring is 1. The van der Waals surface area contributed by atoms with E-state index in [4.69, 9.17) is 5.73 Å². The molecule has 0 spiro atoms. The second kappa shape index (κ2) is 5.29. The highest BCUT2D eigenvalue weighted by Gasteiger charge is 2.13. The van der Waals surface area contributed by atoms with E-state index in [9.17, 15) is 8.78 Å². The van der Waals surface area contributed by atoms with E-state index in [1.165, 1.54) is 12.1 Å². The maximum Gasteiger partial charge on any atom is 0.150 e. The number of hydrogen-bond acceptors (Lipinski definition) is 3. The minimum Gasteiger partial charge on any atom is -0.398 e. The summed E-state index contributed by atoms with van der Waals surface area (Å²) < 4.78 is 28.1. The summed E-state index contributed by atoms with van der Waals surface area (Å²) in [5.74, 6) is -1.38. The van der Waals surface area contributed by atoms with Crippen molar-refractivity contribution >= 4 is 43.9 Å². The van der Waals surface area contributed by atoms with E-state index in [1.54, 1.807) is 30.5 Å². The van der Waals surface area contributed by atoms with Gasteiger partial charge < -0.3 is 11.1 Å². The van der Waals surface area contributed by atoms with Crippen LogP contribution in [-0.4, -0.2) is 4.98 Å². The van der Waals surface area contributed by atoms with Crippen LogP contribution in [0.5, 0.6) is 0 Å². The number of rotatable bonds is 2. The van der Waals surface area contributed by atoms with Crippen molar-refractivity contribution in [2.45, 2.75) is 0 Å². The van der Waals surface area contributed by atoms with Gasteiger partial charge in [-0.05, 0) is 36.4 Å². The first-order valence-corrected chi connectivity index (χ1v) is 6.90. The normalized spacial score (nSPS) is 10.8. The summed E-state index contributed by atoms with van der Waals surface area (Å²) in [6.07, 6.45) is 1.60. The second-order valence-electron chi connectivity index (χ2n) is 4.47. The monoisotopic (exact) mass is 349 g/mol. The van der Waals surface area contributed by atoms with Crippen LogP contribution >= 0.6 is 15.9 Å². The van der Waals surface area contributed by atoms with Gasteiger partial charge in [-0.25, -0.2) is 8.78 Å². The molecule has 106 valence electrons. The molecule has 1 heterocycles. The summed E-state index contributed by atoms with van der Waals surface area (Å²) in [6, 6.07) is 9.25. The number of benzene rings is 2. The Hall–Kier alpha value is -2.21. The third-order valence-corrected chi connectivity index (χ3v) is 3.53. The first kappa shape index (κ1) is 13.8. The average molecular weight is 350 g/mol. The van der Waals surface area contributed by atoms with E-state index in [2.05, 4.69) is 26.2 Å². The van der Waals surface area contributed by atoms with Gasteiger partial charge in [-0.2, -0.15) is 0 Å². The number of nitrogens with two attached hydrogens (primary N) is 1. The van der Waals surface area contributed by atoms with Gasteiger partial charge in [0.1, 0.15) is 5.69 Å². The molecule has 0 aliphatic carbocycles. The lowest BCUT2D eigenvalue weighted by molar-refractivity contribution is 0.589. The molecule has 0 bridgehead atoms. The van der Waals surface area contributed by atoms with Crippen molar-refractivity contribution in [1.82, 2.24) is 4.98 Å². The molecule has 3 aromatic rings. The molecule has 21 heavy (non-hydrogen) atoms. The minimum absolute atomic E-state index is 0.227. The van der Waals surface area contributed by atoms with Crippen molar-refractivity contribution in [1.29, 1.82) is 0 Å². The molecule has 0 saturated carbocycles. The number of nitrogens with one attached hydrogen (secondary N) is 1. The van der Waals surface area contributed by atoms with Crippen LogP contribution in [0.25, 0.3) is 10.9 Å². The van der Waals surface area contributed by atoms with Crippen LogP contribution in [0.4, 0.5) is 25.8 Å². The Morgan fingerprint density at radius 2 is 1.81 bits per heavy atom. The van der Waals surface area contributed by atoms with E-state index < -0.39 is 11.6 Å². The van der Waals surface area contributed by atoms with Gasteiger partial charge in [-0.1, -0.05) is 15.9 Å². The number of pyridine rings is 1. The zero-order valence-electron chi connectivity index (χ0n) is 10.7. The van der Waals surface area contributed by atoms with Gasteiger partial charge in [0.25, 0.3) is 0 Å². The van der Waals surface area contributed by atoms with Gasteiger partial charge >= 0.3 is 0 Å². The molecule has 0 saturated heterocycles. The van der Waals surface area contributed by atoms with Crippen molar-refractivity contribution in [3.8, 4) is 0 Å². The van der Waals surface area contributed by atoms with Crippen LogP contribution in [0.2, 0.25) is 0 Å². The number of halogens is 3. The third kappa shape index (κ3) is 2.54. The molecule has 0 fully saturated rings. The van der Waals surface area contributed by atoms with Gasteiger partial charge in [0.15, 0.2) is 11.6 Å². The predicted molar refractivity (Wildman–Crippen MR) is 83.5 cm³/mol. The van der Waals surface area contributed by atoms with Gasteiger partial charge in [-0.15, -0.1) is 0 Å². The van der Waals surface area contributed by atoms with Gasteiger partial charge in [0.2, 0.25) is 0 Å². The Balaban J connectivity index is 2.13. The van der Waals surface area contributed by atoms with Gasteiger partial charge in [0.05, 0.1) is 11.2 Å². The number of fused-ring (bicyclic) bond motifs is 1. The number of hydrogen-bond donors (Lipinski definition) is 2. The van der Waals surface area contributed by atoms with Crippen LogP contribution in [0, 0.1) is 11.6 Å². The van der Waals surface area contributed by atoms with Crippen molar-refractivity contribution in [2.75, 3.05) is 11.1 Å². The van der Waals surface area contributed by atoms with Crippen molar-refractivity contribution in [2.24, 2.45) is 0 Å². The highest BCUT2D eigenvalue weighted by atomic mass is 79.9. The average Bonchev–Trinajstić information content (AvgIpc) is 2.45. The van der Waals surface area contributed by atoms with Crippen LogP contribution in [0.3, 0.4) is 0 Å². The fourth-order valence-electron chi connectivity index (χ4n) is 2.09. The lowest BCUT2D eigenvalue weighted by Crippen LogP contribution is -2.00. The molecule has 0 unspecified atom stereocenters. The van der Waals surface area contributed by atoms with Crippen LogP contribution in [0.15, 0.2) is 47.1 Å². The molecule has 0 atom stereocenters. The lowest BCUT2D eigenvalue weighted by Gasteiger charge is -2.12. The van der Waals surface area contributed by atoms with E-state index in [-0.39, 0.29) is 5.69 Å². The molecule has 0 radical (unpaired) electrons. The number of nitrogens with zero attached hydrogens (tertiary/aromatic N) is 1. The zero-order chi connectivity index (χ0) is 15.0. The topological polar surface area (TPSA) is 50.9 Å². The molecule has 3 N–H and O–H groups in total. The third-order valence-electron chi connectivity index (χ3n) is 3.07. The van der Waals surface area contributed by atoms with Crippen molar-refractivity contribution < 1.29 is 8.78 Å². The molecule has 6 heteroatoms. The van der Waals surface area contributed by atoms with Crippen LogP contribution < -0.4 is 11.1 Å². The maximum atomic E-state index is 13.9. The van der Waals surface area contributed by atoms with Crippen molar-refractivity contribution in [3.05, 3.63) is 58.7 Å². The van der Waals surface area contributed by atoms with Gasteiger partial charge in [0, 0.05) is 21.7 Å². The van der Waals surface area contributed by atoms with E-state index in [0.717, 1.165) is 5.39 Å². The van der Waals surface area contributed by atoms with E-state index >= 15 is 0 Å². The second-order valence-corrected chi connectivity index (χ2v) is 5.39. The SMILES string of the molecule is Nc1ccc(Nc2c(F)cc(Br)cc2F)c2ncccc12. The molecular formula is C15H10BrF2N3. The summed E-state index contributed by atoms with van der Waals surface area (Å²) in [5, 5.41) is 3.47. The predicted octanol–water partition coefficient (Wildman–Crippen LogP) is 4.60. The van der Waals surface area contributed by atoms with Crippen LogP contribution in [-0.2, 0) is 0 Å². The fraction of sp³-hybridized carbons (Fsp3) is 0. The molecule has 0 aliphatic heterocycles. The maximum absolute atomic E-state index is 13.9. The molecule has 1 aromatic heterocycles. The molecule has 3 nitrogen and oxygen atoms in total. The van der Waals surface area contributed by atoms with Crippen LogP contribution in [0.1, 0.15) is 0 Å². The molecule has 0 amide bonds. The van der Waals surface area contributed by atoms with E-state index in [1.807, 2.05) is 0 Å². The summed E-state index contributed by atoms with van der Waals surface area (Å²) in [6.45, 7) is 0. The highest BCUT2D eigenvalue weighted by molar-refractivity contribution is 9.10. The highest BCUT2D eigenvalue weighted by Crippen LogP contribution is 2.31. The van der Waals surface area contributed by atoms with Crippen molar-refractivity contribution in [3.63, 3.8) is 0 Å². The number of anilines is 3. The van der Waals surface area contributed by atoms with E-state index in [0.29, 0.717) is 21.4 Å². The number of aromatic nitrogens is 1. The minimum atomic E-state index is -0.692. The summed E-state index contributed by atoms with van der Waals surface area (Å²) >= 11 is 3.05. The van der Waals surface area contributed by atoms with Gasteiger partial charge in [-0.3, -0.25) is 4.98 Å². The summed E-state index contributed by atoms with van der Waals surface area (Å²) in [7, 11) is 0. The fourth-order valence-corrected chi connectivity index (χ4v) is 2.49. The molecular weight excluding hydrogens is 340 g/mol. The first-order chi connectivity index (χ1) is 10.1. The Kier molecular flexibility index (Phi) is 3.47. The molecule has 0 aliphatic rings. The zero-order valence-corrected chi connectivity index (χ0v) is 12.3. The quantitative estimate of drug-likeness (QED) is 0.664. The Morgan fingerprint density at radius 3 is 2.52 bits per heavy atom. The molecule has 3 rings (SSSR count).